The Morgan fingerprint density at radius 2 is 1.50 bits per heavy atom. The predicted octanol–water partition coefficient (Wildman–Crippen LogP) is 4.03. The number of aromatic hydroxyl groups is 1. The van der Waals surface area contributed by atoms with E-state index in [0.717, 1.165) is 17.7 Å². The maximum absolute atomic E-state index is 9.40. The van der Waals surface area contributed by atoms with Gasteiger partial charge < -0.3 is 28.8 Å². The Bertz CT molecular complexity index is 843. The lowest BCUT2D eigenvalue weighted by Gasteiger charge is -2.23. The summed E-state index contributed by atoms with van der Waals surface area (Å²) in [6, 6.07) is 15.3. The monoisotopic (exact) mass is 414 g/mol. The first-order valence-corrected chi connectivity index (χ1v) is 10.4. The largest absolute Gasteiger partial charge is 0.508 e. The van der Waals surface area contributed by atoms with Crippen LogP contribution < -0.4 is 4.74 Å². The highest BCUT2D eigenvalue weighted by Crippen LogP contribution is 2.35. The molecule has 0 spiro atoms. The highest BCUT2D eigenvalue weighted by atomic mass is 16.8. The molecule has 6 heteroatoms. The van der Waals surface area contributed by atoms with Gasteiger partial charge in [-0.25, -0.2) is 0 Å². The van der Waals surface area contributed by atoms with Gasteiger partial charge in [0.05, 0.1) is 6.61 Å². The second kappa shape index (κ2) is 8.19. The lowest BCUT2D eigenvalue weighted by molar-refractivity contribution is -0.174. The molecule has 30 heavy (non-hydrogen) atoms. The number of ether oxygens (including phenoxy) is 5. The average molecular weight is 414 g/mol. The second-order valence-corrected chi connectivity index (χ2v) is 8.80. The molecule has 2 aromatic rings. The lowest BCUT2D eigenvalue weighted by atomic mass is 10.0. The molecule has 3 atom stereocenters. The van der Waals surface area contributed by atoms with E-state index in [1.54, 1.807) is 12.1 Å². The van der Waals surface area contributed by atoms with Gasteiger partial charge in [0, 0.05) is 0 Å². The molecule has 1 N–H and O–H groups in total. The van der Waals surface area contributed by atoms with E-state index >= 15 is 0 Å². The first-order chi connectivity index (χ1) is 14.2. The zero-order valence-corrected chi connectivity index (χ0v) is 18.0. The van der Waals surface area contributed by atoms with Crippen molar-refractivity contribution in [3.05, 3.63) is 59.7 Å². The molecule has 2 aliphatic rings. The van der Waals surface area contributed by atoms with Crippen molar-refractivity contribution in [3.63, 3.8) is 0 Å². The number of phenols is 1. The summed E-state index contributed by atoms with van der Waals surface area (Å²) in [5.74, 6) is -0.247. The molecule has 0 aliphatic carbocycles. The van der Waals surface area contributed by atoms with Gasteiger partial charge in [0.2, 0.25) is 0 Å². The van der Waals surface area contributed by atoms with E-state index in [4.69, 9.17) is 23.7 Å². The molecule has 0 aromatic heterocycles. The minimum atomic E-state index is -0.692. The van der Waals surface area contributed by atoms with Gasteiger partial charge in [0.15, 0.2) is 11.6 Å². The van der Waals surface area contributed by atoms with Crippen LogP contribution in [0.15, 0.2) is 48.5 Å². The van der Waals surface area contributed by atoms with Crippen LogP contribution in [-0.4, -0.2) is 48.2 Å². The van der Waals surface area contributed by atoms with E-state index in [9.17, 15) is 5.11 Å². The van der Waals surface area contributed by atoms with E-state index in [-0.39, 0.29) is 24.1 Å². The number of hydrogen-bond donors (Lipinski definition) is 1. The third-order valence-corrected chi connectivity index (χ3v) is 5.30. The van der Waals surface area contributed by atoms with Crippen LogP contribution in [0.5, 0.6) is 11.5 Å². The molecule has 0 amide bonds. The van der Waals surface area contributed by atoms with Crippen molar-refractivity contribution in [2.24, 2.45) is 0 Å². The first-order valence-electron chi connectivity index (χ1n) is 10.4. The van der Waals surface area contributed by atoms with E-state index in [0.29, 0.717) is 13.2 Å². The highest BCUT2D eigenvalue weighted by Gasteiger charge is 2.49. The molecule has 2 aliphatic heterocycles. The Morgan fingerprint density at radius 1 is 0.867 bits per heavy atom. The van der Waals surface area contributed by atoms with Gasteiger partial charge in [0.25, 0.3) is 0 Å². The molecule has 0 unspecified atom stereocenters. The number of hydrogen-bond acceptors (Lipinski definition) is 6. The molecule has 2 fully saturated rings. The van der Waals surface area contributed by atoms with Crippen LogP contribution in [0.25, 0.3) is 0 Å². The van der Waals surface area contributed by atoms with Gasteiger partial charge in [-0.05, 0) is 69.5 Å². The quantitative estimate of drug-likeness (QED) is 0.770. The van der Waals surface area contributed by atoms with Crippen LogP contribution in [0.2, 0.25) is 0 Å². The molecular formula is C24H30O6. The van der Waals surface area contributed by atoms with Crippen molar-refractivity contribution in [2.45, 2.75) is 64.0 Å². The standard InChI is InChI=1S/C24H30O6/c1-23(2)27-15-21(28-23)22-20(29-24(3,4)30-22)14-26-19-11-7-17(8-12-19)13-16-5-9-18(25)10-6-16/h5-12,20-22,25H,13-15H2,1-4H3/t20-,21-,22+/m1/s1. The van der Waals surface area contributed by atoms with Crippen molar-refractivity contribution in [3.8, 4) is 11.5 Å². The fraction of sp³-hybridized carbons (Fsp3) is 0.500. The van der Waals surface area contributed by atoms with Gasteiger partial charge >= 0.3 is 0 Å². The van der Waals surface area contributed by atoms with Crippen LogP contribution in [0, 0.1) is 0 Å². The summed E-state index contributed by atoms with van der Waals surface area (Å²) in [6.45, 7) is 8.45. The van der Waals surface area contributed by atoms with Gasteiger partial charge in [0.1, 0.15) is 36.4 Å². The zero-order chi connectivity index (χ0) is 21.4. The minimum absolute atomic E-state index is 0.192. The minimum Gasteiger partial charge on any atom is -0.508 e. The predicted molar refractivity (Wildman–Crippen MR) is 112 cm³/mol. The van der Waals surface area contributed by atoms with Gasteiger partial charge in [-0.15, -0.1) is 0 Å². The van der Waals surface area contributed by atoms with E-state index in [2.05, 4.69) is 0 Å². The van der Waals surface area contributed by atoms with Crippen molar-refractivity contribution in [1.82, 2.24) is 0 Å². The molecule has 2 saturated heterocycles. The molecule has 2 heterocycles. The Morgan fingerprint density at radius 3 is 2.10 bits per heavy atom. The molecule has 0 radical (unpaired) electrons. The molecule has 6 nitrogen and oxygen atoms in total. The molecular weight excluding hydrogens is 384 g/mol. The Hall–Kier alpha value is -2.12. The topological polar surface area (TPSA) is 66.4 Å². The fourth-order valence-corrected chi connectivity index (χ4v) is 3.92. The summed E-state index contributed by atoms with van der Waals surface area (Å²) < 4.78 is 29.9. The SMILES string of the molecule is CC1(C)OC[C@H]([C@H]2OC(C)(C)O[C@@H]2COc2ccc(Cc3ccc(O)cc3)cc2)O1. The normalized spacial score (nSPS) is 27.3. The summed E-state index contributed by atoms with van der Waals surface area (Å²) in [5.41, 5.74) is 2.32. The lowest BCUT2D eigenvalue weighted by Crippen LogP contribution is -2.40. The van der Waals surface area contributed by atoms with Crippen LogP contribution in [-0.2, 0) is 25.4 Å². The summed E-state index contributed by atoms with van der Waals surface area (Å²) in [4.78, 5) is 0. The molecule has 4 rings (SSSR count). The Labute approximate surface area is 177 Å². The number of rotatable bonds is 6. The summed E-state index contributed by atoms with van der Waals surface area (Å²) >= 11 is 0. The van der Waals surface area contributed by atoms with Crippen LogP contribution >= 0.6 is 0 Å². The van der Waals surface area contributed by atoms with E-state index < -0.39 is 11.6 Å². The van der Waals surface area contributed by atoms with Crippen molar-refractivity contribution in [1.29, 1.82) is 0 Å². The molecule has 0 bridgehead atoms. The smallest absolute Gasteiger partial charge is 0.164 e. The van der Waals surface area contributed by atoms with Crippen molar-refractivity contribution in [2.75, 3.05) is 13.2 Å². The van der Waals surface area contributed by atoms with E-state index in [1.165, 1.54) is 5.56 Å². The summed E-state index contributed by atoms with van der Waals surface area (Å²) in [6.07, 6.45) is 0.100. The second-order valence-electron chi connectivity index (χ2n) is 8.80. The fourth-order valence-electron chi connectivity index (χ4n) is 3.92. The maximum Gasteiger partial charge on any atom is 0.164 e. The summed E-state index contributed by atoms with van der Waals surface area (Å²) in [7, 11) is 0. The third-order valence-electron chi connectivity index (χ3n) is 5.30. The average Bonchev–Trinajstić information content (AvgIpc) is 3.21. The zero-order valence-electron chi connectivity index (χ0n) is 18.0. The van der Waals surface area contributed by atoms with Crippen LogP contribution in [0.4, 0.5) is 0 Å². The van der Waals surface area contributed by atoms with Crippen LogP contribution in [0.1, 0.15) is 38.8 Å². The first kappa shape index (κ1) is 21.1. The van der Waals surface area contributed by atoms with Gasteiger partial charge in [-0.2, -0.15) is 0 Å². The number of benzene rings is 2. The van der Waals surface area contributed by atoms with Crippen molar-refractivity contribution < 1.29 is 28.8 Å². The molecule has 162 valence electrons. The van der Waals surface area contributed by atoms with Gasteiger partial charge in [-0.1, -0.05) is 24.3 Å². The molecule has 0 saturated carbocycles. The highest BCUT2D eigenvalue weighted by molar-refractivity contribution is 5.33. The maximum atomic E-state index is 9.40. The third kappa shape index (κ3) is 5.13. The molecule has 2 aromatic carbocycles. The number of phenolic OH excluding ortho intramolecular Hbond substituents is 1. The van der Waals surface area contributed by atoms with Crippen molar-refractivity contribution >= 4 is 0 Å². The van der Waals surface area contributed by atoms with Crippen LogP contribution in [0.3, 0.4) is 0 Å². The Kier molecular flexibility index (Phi) is 5.77. The van der Waals surface area contributed by atoms with E-state index in [1.807, 2.05) is 64.1 Å². The Balaban J connectivity index is 1.35. The van der Waals surface area contributed by atoms with Gasteiger partial charge in [-0.3, -0.25) is 0 Å². The summed E-state index contributed by atoms with van der Waals surface area (Å²) in [5, 5.41) is 9.40.